The predicted octanol–water partition coefficient (Wildman–Crippen LogP) is 3.07. The molecule has 2 rings (SSSR count). The SMILES string of the molecule is CCNC(CSc1ccoc1C)C1CC1. The van der Waals surface area contributed by atoms with Gasteiger partial charge in [-0.1, -0.05) is 6.92 Å². The standard InChI is InChI=1S/C12H19NOS/c1-3-13-11(10-4-5-10)8-15-12-6-7-14-9(12)2/h6-7,10-11,13H,3-5,8H2,1-2H3. The van der Waals surface area contributed by atoms with Gasteiger partial charge in [-0.15, -0.1) is 11.8 Å². The minimum atomic E-state index is 0.689. The third-order valence-corrected chi connectivity index (χ3v) is 4.15. The molecule has 15 heavy (non-hydrogen) atoms. The topological polar surface area (TPSA) is 25.2 Å². The molecule has 1 heterocycles. The maximum atomic E-state index is 5.29. The Balaban J connectivity index is 1.82. The predicted molar refractivity (Wildman–Crippen MR) is 64.4 cm³/mol. The van der Waals surface area contributed by atoms with E-state index in [0.29, 0.717) is 6.04 Å². The van der Waals surface area contributed by atoms with Crippen LogP contribution >= 0.6 is 11.8 Å². The zero-order valence-electron chi connectivity index (χ0n) is 9.45. The van der Waals surface area contributed by atoms with Crippen molar-refractivity contribution in [3.8, 4) is 0 Å². The lowest BCUT2D eigenvalue weighted by molar-refractivity contribution is 0.517. The normalized spacial score (nSPS) is 18.0. The third kappa shape index (κ3) is 3.02. The van der Waals surface area contributed by atoms with Gasteiger partial charge in [0.15, 0.2) is 0 Å². The van der Waals surface area contributed by atoms with Crippen molar-refractivity contribution in [1.82, 2.24) is 5.32 Å². The second-order valence-electron chi connectivity index (χ2n) is 4.15. The molecule has 1 aliphatic carbocycles. The van der Waals surface area contributed by atoms with Gasteiger partial charge >= 0.3 is 0 Å². The molecule has 1 N–H and O–H groups in total. The molecule has 0 aliphatic heterocycles. The number of aryl methyl sites for hydroxylation is 1. The molecule has 1 saturated carbocycles. The van der Waals surface area contributed by atoms with Crippen LogP contribution in [0.5, 0.6) is 0 Å². The van der Waals surface area contributed by atoms with Crippen LogP contribution in [0, 0.1) is 12.8 Å². The fraction of sp³-hybridized carbons (Fsp3) is 0.667. The summed E-state index contributed by atoms with van der Waals surface area (Å²) in [6.45, 7) is 5.29. The van der Waals surface area contributed by atoms with Crippen molar-refractivity contribution >= 4 is 11.8 Å². The van der Waals surface area contributed by atoms with Gasteiger partial charge in [-0.2, -0.15) is 0 Å². The molecule has 0 aromatic carbocycles. The Bertz CT molecular complexity index is 306. The summed E-state index contributed by atoms with van der Waals surface area (Å²) in [4.78, 5) is 1.29. The Morgan fingerprint density at radius 2 is 2.40 bits per heavy atom. The number of hydrogen-bond acceptors (Lipinski definition) is 3. The highest BCUT2D eigenvalue weighted by atomic mass is 32.2. The van der Waals surface area contributed by atoms with Gasteiger partial charge in [0.2, 0.25) is 0 Å². The maximum Gasteiger partial charge on any atom is 0.114 e. The van der Waals surface area contributed by atoms with Crippen LogP contribution in [0.1, 0.15) is 25.5 Å². The number of furan rings is 1. The van der Waals surface area contributed by atoms with Crippen LogP contribution in [0.25, 0.3) is 0 Å². The summed E-state index contributed by atoms with van der Waals surface area (Å²) in [5.41, 5.74) is 0. The Hall–Kier alpha value is -0.410. The van der Waals surface area contributed by atoms with Crippen molar-refractivity contribution in [3.63, 3.8) is 0 Å². The summed E-state index contributed by atoms with van der Waals surface area (Å²) in [6.07, 6.45) is 4.59. The lowest BCUT2D eigenvalue weighted by Gasteiger charge is -2.16. The lowest BCUT2D eigenvalue weighted by atomic mass is 10.2. The van der Waals surface area contributed by atoms with Gasteiger partial charge in [-0.05, 0) is 38.3 Å². The van der Waals surface area contributed by atoms with E-state index < -0.39 is 0 Å². The second kappa shape index (κ2) is 5.08. The van der Waals surface area contributed by atoms with E-state index in [-0.39, 0.29) is 0 Å². The number of rotatable bonds is 6. The zero-order valence-corrected chi connectivity index (χ0v) is 10.3. The quantitative estimate of drug-likeness (QED) is 0.753. The monoisotopic (exact) mass is 225 g/mol. The fourth-order valence-electron chi connectivity index (χ4n) is 1.83. The van der Waals surface area contributed by atoms with Gasteiger partial charge in [0.05, 0.1) is 6.26 Å². The van der Waals surface area contributed by atoms with Crippen LogP contribution < -0.4 is 5.32 Å². The molecule has 0 radical (unpaired) electrons. The number of hydrogen-bond donors (Lipinski definition) is 1. The largest absolute Gasteiger partial charge is 0.468 e. The third-order valence-electron chi connectivity index (χ3n) is 2.89. The number of nitrogens with one attached hydrogen (secondary N) is 1. The molecule has 0 spiro atoms. The molecule has 1 atom stereocenters. The van der Waals surface area contributed by atoms with E-state index in [4.69, 9.17) is 4.42 Å². The van der Waals surface area contributed by atoms with Gasteiger partial charge in [0, 0.05) is 16.7 Å². The average molecular weight is 225 g/mol. The summed E-state index contributed by atoms with van der Waals surface area (Å²) >= 11 is 1.91. The first kappa shape index (κ1) is 11.1. The van der Waals surface area contributed by atoms with E-state index in [0.717, 1.165) is 18.2 Å². The molecule has 3 heteroatoms. The Morgan fingerprint density at radius 3 is 2.93 bits per heavy atom. The molecule has 2 nitrogen and oxygen atoms in total. The molecule has 0 bridgehead atoms. The van der Waals surface area contributed by atoms with Crippen molar-refractivity contribution < 1.29 is 4.42 Å². The highest BCUT2D eigenvalue weighted by Gasteiger charge is 2.30. The molecule has 1 fully saturated rings. The van der Waals surface area contributed by atoms with Gasteiger partial charge in [-0.25, -0.2) is 0 Å². The van der Waals surface area contributed by atoms with Crippen LogP contribution in [0.2, 0.25) is 0 Å². The molecule has 1 unspecified atom stereocenters. The van der Waals surface area contributed by atoms with Crippen molar-refractivity contribution in [3.05, 3.63) is 18.1 Å². The van der Waals surface area contributed by atoms with Gasteiger partial charge in [0.1, 0.15) is 5.76 Å². The summed E-state index contributed by atoms with van der Waals surface area (Å²) in [5, 5.41) is 3.58. The fourth-order valence-corrected chi connectivity index (χ4v) is 2.98. The highest BCUT2D eigenvalue weighted by Crippen LogP contribution is 2.35. The van der Waals surface area contributed by atoms with Gasteiger partial charge in [-0.3, -0.25) is 0 Å². The molecular weight excluding hydrogens is 206 g/mol. The zero-order chi connectivity index (χ0) is 10.7. The van der Waals surface area contributed by atoms with Gasteiger partial charge < -0.3 is 9.73 Å². The van der Waals surface area contributed by atoms with E-state index in [1.165, 1.54) is 23.5 Å². The molecule has 84 valence electrons. The van der Waals surface area contributed by atoms with E-state index in [1.54, 1.807) is 6.26 Å². The molecule has 1 aliphatic rings. The molecule has 1 aromatic heterocycles. The van der Waals surface area contributed by atoms with Crippen LogP contribution in [-0.4, -0.2) is 18.3 Å². The minimum Gasteiger partial charge on any atom is -0.468 e. The summed E-state index contributed by atoms with van der Waals surface area (Å²) in [5.74, 6) is 3.13. The van der Waals surface area contributed by atoms with Crippen molar-refractivity contribution in [2.75, 3.05) is 12.3 Å². The Labute approximate surface area is 95.8 Å². The van der Waals surface area contributed by atoms with E-state index in [2.05, 4.69) is 18.3 Å². The van der Waals surface area contributed by atoms with Crippen molar-refractivity contribution in [2.24, 2.45) is 5.92 Å². The van der Waals surface area contributed by atoms with E-state index in [1.807, 2.05) is 18.7 Å². The summed E-state index contributed by atoms with van der Waals surface area (Å²) in [7, 11) is 0. The number of thioether (sulfide) groups is 1. The van der Waals surface area contributed by atoms with Crippen molar-refractivity contribution in [1.29, 1.82) is 0 Å². The summed E-state index contributed by atoms with van der Waals surface area (Å²) < 4.78 is 5.29. The highest BCUT2D eigenvalue weighted by molar-refractivity contribution is 7.99. The first-order valence-corrected chi connectivity index (χ1v) is 6.70. The first-order chi connectivity index (χ1) is 7.31. The molecular formula is C12H19NOS. The van der Waals surface area contributed by atoms with Crippen LogP contribution in [0.15, 0.2) is 21.6 Å². The summed E-state index contributed by atoms with van der Waals surface area (Å²) in [6, 6.07) is 2.75. The molecule has 0 amide bonds. The first-order valence-electron chi connectivity index (χ1n) is 5.71. The van der Waals surface area contributed by atoms with E-state index in [9.17, 15) is 0 Å². The molecule has 1 aromatic rings. The molecule has 0 saturated heterocycles. The second-order valence-corrected chi connectivity index (χ2v) is 5.22. The maximum absolute atomic E-state index is 5.29. The van der Waals surface area contributed by atoms with Gasteiger partial charge in [0.25, 0.3) is 0 Å². The lowest BCUT2D eigenvalue weighted by Crippen LogP contribution is -2.33. The Kier molecular flexibility index (Phi) is 3.76. The average Bonchev–Trinajstić information content (AvgIpc) is 2.98. The minimum absolute atomic E-state index is 0.689. The smallest absolute Gasteiger partial charge is 0.114 e. The van der Waals surface area contributed by atoms with Crippen LogP contribution in [-0.2, 0) is 0 Å². The van der Waals surface area contributed by atoms with Crippen LogP contribution in [0.4, 0.5) is 0 Å². The van der Waals surface area contributed by atoms with Crippen molar-refractivity contribution in [2.45, 2.75) is 37.6 Å². The Morgan fingerprint density at radius 1 is 1.60 bits per heavy atom. The van der Waals surface area contributed by atoms with Crippen LogP contribution in [0.3, 0.4) is 0 Å². The van der Waals surface area contributed by atoms with E-state index >= 15 is 0 Å².